The van der Waals surface area contributed by atoms with Crippen molar-refractivity contribution in [3.63, 3.8) is 0 Å². The van der Waals surface area contributed by atoms with Gasteiger partial charge in [0, 0.05) is 30.5 Å². The molecule has 1 aliphatic heterocycles. The van der Waals surface area contributed by atoms with Gasteiger partial charge in [0.2, 0.25) is 15.9 Å². The fraction of sp³-hybridized carbons (Fsp3) is 0.462. The molecular formula is C13H17BrN2O3S. The Labute approximate surface area is 127 Å². The van der Waals surface area contributed by atoms with Crippen molar-refractivity contribution in [2.75, 3.05) is 17.2 Å². The van der Waals surface area contributed by atoms with E-state index < -0.39 is 10.0 Å². The van der Waals surface area contributed by atoms with Gasteiger partial charge in [-0.15, -0.1) is 0 Å². The lowest BCUT2D eigenvalue weighted by Gasteiger charge is -2.22. The molecule has 1 saturated heterocycles. The first-order valence-corrected chi connectivity index (χ1v) is 8.97. The van der Waals surface area contributed by atoms with E-state index in [2.05, 4.69) is 21.2 Å². The highest BCUT2D eigenvalue weighted by atomic mass is 79.9. The monoisotopic (exact) mass is 360 g/mol. The first-order valence-electron chi connectivity index (χ1n) is 6.40. The predicted molar refractivity (Wildman–Crippen MR) is 81.5 cm³/mol. The van der Waals surface area contributed by atoms with Gasteiger partial charge in [-0.25, -0.2) is 8.42 Å². The van der Waals surface area contributed by atoms with Crippen LogP contribution in [-0.2, 0) is 14.8 Å². The number of carbonyl (C=O) groups is 1. The number of amides is 1. The molecule has 0 saturated carbocycles. The van der Waals surface area contributed by atoms with Gasteiger partial charge in [0.25, 0.3) is 0 Å². The number of sulfonamides is 1. The Bertz CT molecular complexity index is 586. The first kappa shape index (κ1) is 15.5. The molecule has 1 atom stereocenters. The molecule has 1 heterocycles. The van der Waals surface area contributed by atoms with Gasteiger partial charge in [-0.05, 0) is 37.1 Å². The molecule has 0 spiro atoms. The Morgan fingerprint density at radius 1 is 1.40 bits per heavy atom. The summed E-state index contributed by atoms with van der Waals surface area (Å²) in [4.78, 5) is 11.2. The molecule has 20 heavy (non-hydrogen) atoms. The number of hydrogen-bond donors (Lipinski definition) is 1. The van der Waals surface area contributed by atoms with E-state index >= 15 is 0 Å². The Hall–Kier alpha value is -0.920. The van der Waals surface area contributed by atoms with Crippen LogP contribution in [0.4, 0.5) is 5.69 Å². The summed E-state index contributed by atoms with van der Waals surface area (Å²) in [5.41, 5.74) is 0.593. The third kappa shape index (κ3) is 3.21. The highest BCUT2D eigenvalue weighted by molar-refractivity contribution is 9.09. The van der Waals surface area contributed by atoms with E-state index in [1.54, 1.807) is 16.4 Å². The lowest BCUT2D eigenvalue weighted by Crippen LogP contribution is -2.36. The molecule has 1 aromatic carbocycles. The molecule has 1 fully saturated rings. The molecule has 0 bridgehead atoms. The molecule has 7 heteroatoms. The second kappa shape index (κ2) is 6.24. The zero-order valence-electron chi connectivity index (χ0n) is 11.2. The third-order valence-corrected chi connectivity index (χ3v) is 6.00. The number of alkyl halides is 1. The van der Waals surface area contributed by atoms with E-state index in [9.17, 15) is 13.2 Å². The fourth-order valence-electron chi connectivity index (χ4n) is 2.33. The molecule has 0 radical (unpaired) electrons. The van der Waals surface area contributed by atoms with Gasteiger partial charge in [-0.3, -0.25) is 4.79 Å². The molecule has 2 rings (SSSR count). The molecule has 0 aromatic heterocycles. The lowest BCUT2D eigenvalue weighted by molar-refractivity contribution is -0.114. The van der Waals surface area contributed by atoms with Crippen molar-refractivity contribution in [1.29, 1.82) is 0 Å². The zero-order chi connectivity index (χ0) is 14.8. The summed E-state index contributed by atoms with van der Waals surface area (Å²) >= 11 is 3.37. The maximum atomic E-state index is 12.6. The van der Waals surface area contributed by atoms with Crippen LogP contribution in [0.2, 0.25) is 0 Å². The topological polar surface area (TPSA) is 66.5 Å². The van der Waals surface area contributed by atoms with E-state index in [0.717, 1.165) is 12.8 Å². The third-order valence-electron chi connectivity index (χ3n) is 3.28. The van der Waals surface area contributed by atoms with Crippen molar-refractivity contribution in [3.05, 3.63) is 24.3 Å². The van der Waals surface area contributed by atoms with Gasteiger partial charge in [0.1, 0.15) is 0 Å². The number of anilines is 1. The van der Waals surface area contributed by atoms with Gasteiger partial charge in [0.15, 0.2) is 0 Å². The van der Waals surface area contributed by atoms with Crippen molar-refractivity contribution in [2.24, 2.45) is 0 Å². The smallest absolute Gasteiger partial charge is 0.243 e. The second-order valence-corrected chi connectivity index (χ2v) is 7.31. The number of benzene rings is 1. The summed E-state index contributed by atoms with van der Waals surface area (Å²) in [6.45, 7) is 1.97. The van der Waals surface area contributed by atoms with Crippen LogP contribution in [-0.4, -0.2) is 36.5 Å². The molecule has 1 aromatic rings. The molecule has 0 aliphatic carbocycles. The molecule has 110 valence electrons. The van der Waals surface area contributed by atoms with E-state index in [0.29, 0.717) is 17.6 Å². The van der Waals surface area contributed by atoms with Gasteiger partial charge < -0.3 is 5.32 Å². The van der Waals surface area contributed by atoms with Gasteiger partial charge >= 0.3 is 0 Å². The summed E-state index contributed by atoms with van der Waals surface area (Å²) in [7, 11) is -3.45. The average Bonchev–Trinajstić information content (AvgIpc) is 2.87. The minimum Gasteiger partial charge on any atom is -0.326 e. The molecule has 1 unspecified atom stereocenters. The van der Waals surface area contributed by atoms with Crippen molar-refractivity contribution < 1.29 is 13.2 Å². The minimum absolute atomic E-state index is 0.0232. The molecular weight excluding hydrogens is 344 g/mol. The Kier molecular flexibility index (Phi) is 4.82. The SMILES string of the molecule is CC(=O)Nc1ccc(S(=O)(=O)N2CCCC2CBr)cc1. The maximum Gasteiger partial charge on any atom is 0.243 e. The maximum absolute atomic E-state index is 12.6. The number of rotatable bonds is 4. The largest absolute Gasteiger partial charge is 0.326 e. The van der Waals surface area contributed by atoms with Crippen LogP contribution in [0.3, 0.4) is 0 Å². The van der Waals surface area contributed by atoms with E-state index in [-0.39, 0.29) is 16.8 Å². The highest BCUT2D eigenvalue weighted by Gasteiger charge is 2.34. The lowest BCUT2D eigenvalue weighted by atomic mass is 10.3. The van der Waals surface area contributed by atoms with E-state index in [4.69, 9.17) is 0 Å². The summed E-state index contributed by atoms with van der Waals surface area (Å²) < 4.78 is 26.7. The fourth-order valence-corrected chi connectivity index (χ4v) is 4.89. The van der Waals surface area contributed by atoms with Crippen LogP contribution in [0.5, 0.6) is 0 Å². The number of halogens is 1. The number of carbonyl (C=O) groups excluding carboxylic acids is 1. The number of hydrogen-bond acceptors (Lipinski definition) is 3. The van der Waals surface area contributed by atoms with Crippen LogP contribution in [0.1, 0.15) is 19.8 Å². The van der Waals surface area contributed by atoms with Crippen LogP contribution in [0.25, 0.3) is 0 Å². The zero-order valence-corrected chi connectivity index (χ0v) is 13.6. The Morgan fingerprint density at radius 3 is 2.60 bits per heavy atom. The Balaban J connectivity index is 2.23. The van der Waals surface area contributed by atoms with E-state index in [1.165, 1.54) is 19.1 Å². The number of nitrogens with one attached hydrogen (secondary N) is 1. The summed E-state index contributed by atoms with van der Waals surface area (Å²) in [6.07, 6.45) is 1.77. The summed E-state index contributed by atoms with van der Waals surface area (Å²) in [5, 5.41) is 3.27. The summed E-state index contributed by atoms with van der Waals surface area (Å²) in [5.74, 6) is -0.181. The van der Waals surface area contributed by atoms with Crippen molar-refractivity contribution in [2.45, 2.75) is 30.7 Å². The van der Waals surface area contributed by atoms with Crippen molar-refractivity contribution >= 4 is 37.5 Å². The second-order valence-electron chi connectivity index (χ2n) is 4.77. The number of nitrogens with zero attached hydrogens (tertiary/aromatic N) is 1. The molecule has 5 nitrogen and oxygen atoms in total. The summed E-state index contributed by atoms with van der Waals surface area (Å²) in [6, 6.07) is 6.30. The molecule has 1 N–H and O–H groups in total. The van der Waals surface area contributed by atoms with Crippen LogP contribution in [0.15, 0.2) is 29.2 Å². The van der Waals surface area contributed by atoms with Crippen LogP contribution < -0.4 is 5.32 Å². The predicted octanol–water partition coefficient (Wildman–Crippen LogP) is 2.19. The van der Waals surface area contributed by atoms with Gasteiger partial charge in [-0.2, -0.15) is 4.31 Å². The van der Waals surface area contributed by atoms with E-state index in [1.807, 2.05) is 0 Å². The van der Waals surface area contributed by atoms with Crippen molar-refractivity contribution in [1.82, 2.24) is 4.31 Å². The highest BCUT2D eigenvalue weighted by Crippen LogP contribution is 2.27. The minimum atomic E-state index is -3.45. The van der Waals surface area contributed by atoms with Crippen LogP contribution in [0, 0.1) is 0 Å². The quantitative estimate of drug-likeness (QED) is 0.836. The van der Waals surface area contributed by atoms with Crippen molar-refractivity contribution in [3.8, 4) is 0 Å². The molecule has 1 aliphatic rings. The first-order chi connectivity index (χ1) is 9.45. The standard InChI is InChI=1S/C13H17BrN2O3S/c1-10(17)15-11-4-6-13(7-5-11)20(18,19)16-8-2-3-12(16)9-14/h4-7,12H,2-3,8-9H2,1H3,(H,15,17). The van der Waals surface area contributed by atoms with Gasteiger partial charge in [0.05, 0.1) is 4.90 Å². The van der Waals surface area contributed by atoms with Gasteiger partial charge in [-0.1, -0.05) is 15.9 Å². The molecule has 1 amide bonds. The normalized spacial score (nSPS) is 20.0. The Morgan fingerprint density at radius 2 is 2.05 bits per heavy atom. The van der Waals surface area contributed by atoms with Crippen LogP contribution >= 0.6 is 15.9 Å². The average molecular weight is 361 g/mol.